The van der Waals surface area contributed by atoms with Crippen LogP contribution in [0.15, 0.2) is 12.2 Å². The Bertz CT molecular complexity index is 148. The summed E-state index contributed by atoms with van der Waals surface area (Å²) in [6.07, 6.45) is 2.15. The monoisotopic (exact) mass is 156 g/mol. The van der Waals surface area contributed by atoms with Crippen molar-refractivity contribution in [2.24, 2.45) is 0 Å². The van der Waals surface area contributed by atoms with Crippen LogP contribution in [0.2, 0.25) is 0 Å². The molecular weight excluding hydrogens is 140 g/mol. The summed E-state index contributed by atoms with van der Waals surface area (Å²) >= 11 is 0. The molecule has 0 saturated heterocycles. The molecule has 0 N–H and O–H groups in total. The van der Waals surface area contributed by atoms with Crippen molar-refractivity contribution in [1.29, 1.82) is 0 Å². The molecule has 0 bridgehead atoms. The summed E-state index contributed by atoms with van der Waals surface area (Å²) in [6, 6.07) is 0. The van der Waals surface area contributed by atoms with E-state index < -0.39 is 0 Å². The Morgan fingerprint density at radius 3 is 2.55 bits per heavy atom. The molecule has 0 aliphatic rings. The van der Waals surface area contributed by atoms with Crippen LogP contribution in [0.4, 0.5) is 0 Å². The van der Waals surface area contributed by atoms with Gasteiger partial charge in [0.05, 0.1) is 5.60 Å². The SMILES string of the molecule is C=C(CCC=O)C(C)(C)OC. The summed E-state index contributed by atoms with van der Waals surface area (Å²) < 4.78 is 5.18. The maximum Gasteiger partial charge on any atom is 0.120 e. The first kappa shape index (κ1) is 10.4. The third-order valence-corrected chi connectivity index (χ3v) is 1.93. The van der Waals surface area contributed by atoms with E-state index >= 15 is 0 Å². The van der Waals surface area contributed by atoms with Gasteiger partial charge < -0.3 is 9.53 Å². The van der Waals surface area contributed by atoms with E-state index in [4.69, 9.17) is 4.74 Å². The van der Waals surface area contributed by atoms with E-state index in [1.165, 1.54) is 0 Å². The first-order valence-corrected chi connectivity index (χ1v) is 3.71. The summed E-state index contributed by atoms with van der Waals surface area (Å²) in [4.78, 5) is 10.0. The van der Waals surface area contributed by atoms with E-state index in [0.29, 0.717) is 12.8 Å². The number of rotatable bonds is 5. The zero-order chi connectivity index (χ0) is 8.91. The molecule has 2 nitrogen and oxygen atoms in total. The number of carbonyl (C=O) groups is 1. The molecule has 0 saturated carbocycles. The van der Waals surface area contributed by atoms with Crippen molar-refractivity contribution >= 4 is 6.29 Å². The Balaban J connectivity index is 3.91. The molecule has 0 rings (SSSR count). The maximum absolute atomic E-state index is 10.0. The zero-order valence-electron chi connectivity index (χ0n) is 7.52. The van der Waals surface area contributed by atoms with Gasteiger partial charge in [-0.15, -0.1) is 0 Å². The fraction of sp³-hybridized carbons (Fsp3) is 0.667. The minimum atomic E-state index is -0.303. The van der Waals surface area contributed by atoms with Crippen LogP contribution in [0.1, 0.15) is 26.7 Å². The van der Waals surface area contributed by atoms with Crippen LogP contribution >= 0.6 is 0 Å². The lowest BCUT2D eigenvalue weighted by atomic mass is 9.96. The molecule has 0 aliphatic heterocycles. The molecule has 2 heteroatoms. The summed E-state index contributed by atoms with van der Waals surface area (Å²) in [5, 5.41) is 0. The van der Waals surface area contributed by atoms with Crippen molar-refractivity contribution in [2.45, 2.75) is 32.3 Å². The Labute approximate surface area is 68.2 Å². The van der Waals surface area contributed by atoms with Gasteiger partial charge in [-0.25, -0.2) is 0 Å². The van der Waals surface area contributed by atoms with Gasteiger partial charge in [-0.1, -0.05) is 6.58 Å². The van der Waals surface area contributed by atoms with E-state index in [0.717, 1.165) is 11.9 Å². The molecule has 0 unspecified atom stereocenters. The van der Waals surface area contributed by atoms with E-state index in [9.17, 15) is 4.79 Å². The van der Waals surface area contributed by atoms with Crippen molar-refractivity contribution in [2.75, 3.05) is 7.11 Å². The molecule has 0 atom stereocenters. The van der Waals surface area contributed by atoms with Gasteiger partial charge in [0.1, 0.15) is 6.29 Å². The number of ether oxygens (including phenoxy) is 1. The lowest BCUT2D eigenvalue weighted by Crippen LogP contribution is -2.24. The fourth-order valence-electron chi connectivity index (χ4n) is 0.679. The first-order valence-electron chi connectivity index (χ1n) is 3.71. The van der Waals surface area contributed by atoms with Crippen molar-refractivity contribution in [3.8, 4) is 0 Å². The quantitative estimate of drug-likeness (QED) is 0.449. The third-order valence-electron chi connectivity index (χ3n) is 1.93. The predicted octanol–water partition coefficient (Wildman–Crippen LogP) is 1.95. The number of methoxy groups -OCH3 is 1. The first-order chi connectivity index (χ1) is 5.04. The number of hydrogen-bond acceptors (Lipinski definition) is 2. The zero-order valence-corrected chi connectivity index (χ0v) is 7.52. The fourth-order valence-corrected chi connectivity index (χ4v) is 0.679. The van der Waals surface area contributed by atoms with E-state index in [1.807, 2.05) is 13.8 Å². The lowest BCUT2D eigenvalue weighted by molar-refractivity contribution is -0.107. The van der Waals surface area contributed by atoms with E-state index in [1.54, 1.807) is 7.11 Å². The van der Waals surface area contributed by atoms with Gasteiger partial charge in [-0.3, -0.25) is 0 Å². The van der Waals surface area contributed by atoms with Gasteiger partial charge >= 0.3 is 0 Å². The smallest absolute Gasteiger partial charge is 0.120 e. The number of aldehydes is 1. The van der Waals surface area contributed by atoms with Crippen molar-refractivity contribution < 1.29 is 9.53 Å². The van der Waals surface area contributed by atoms with Crippen LogP contribution in [-0.2, 0) is 9.53 Å². The predicted molar refractivity (Wildman–Crippen MR) is 45.5 cm³/mol. The van der Waals surface area contributed by atoms with Crippen LogP contribution in [0.25, 0.3) is 0 Å². The molecule has 0 aliphatic carbocycles. The summed E-state index contributed by atoms with van der Waals surface area (Å²) in [5.41, 5.74) is 0.662. The maximum atomic E-state index is 10.0. The molecule has 0 amide bonds. The molecule has 0 aromatic carbocycles. The summed E-state index contributed by atoms with van der Waals surface area (Å²) in [5.74, 6) is 0. The average Bonchev–Trinajstić information content (AvgIpc) is 2.00. The molecule has 0 spiro atoms. The van der Waals surface area contributed by atoms with E-state index in [2.05, 4.69) is 6.58 Å². The molecule has 0 radical (unpaired) electrons. The molecule has 0 aromatic heterocycles. The molecule has 0 heterocycles. The number of hydrogen-bond donors (Lipinski definition) is 0. The minimum Gasteiger partial charge on any atom is -0.374 e. The van der Waals surface area contributed by atoms with Crippen molar-refractivity contribution in [3.05, 3.63) is 12.2 Å². The van der Waals surface area contributed by atoms with Gasteiger partial charge in [0.25, 0.3) is 0 Å². The highest BCUT2D eigenvalue weighted by Gasteiger charge is 2.19. The van der Waals surface area contributed by atoms with Crippen LogP contribution in [0.5, 0.6) is 0 Å². The minimum absolute atomic E-state index is 0.303. The van der Waals surface area contributed by atoms with Crippen LogP contribution in [0.3, 0.4) is 0 Å². The highest BCUT2D eigenvalue weighted by molar-refractivity contribution is 5.50. The molecular formula is C9H16O2. The Kier molecular flexibility index (Phi) is 4.04. The summed E-state index contributed by atoms with van der Waals surface area (Å²) in [7, 11) is 1.64. The third kappa shape index (κ3) is 3.33. The second kappa shape index (κ2) is 4.29. The van der Waals surface area contributed by atoms with Crippen LogP contribution in [-0.4, -0.2) is 19.0 Å². The van der Waals surface area contributed by atoms with Crippen LogP contribution < -0.4 is 0 Å². The van der Waals surface area contributed by atoms with Gasteiger partial charge in [0.2, 0.25) is 0 Å². The Hall–Kier alpha value is -0.630. The summed E-state index contributed by atoms with van der Waals surface area (Å²) in [6.45, 7) is 7.74. The molecule has 0 fully saturated rings. The second-order valence-corrected chi connectivity index (χ2v) is 3.02. The van der Waals surface area contributed by atoms with Gasteiger partial charge in [0.15, 0.2) is 0 Å². The highest BCUT2D eigenvalue weighted by atomic mass is 16.5. The van der Waals surface area contributed by atoms with Gasteiger partial charge in [0, 0.05) is 13.5 Å². The van der Waals surface area contributed by atoms with Crippen molar-refractivity contribution in [3.63, 3.8) is 0 Å². The van der Waals surface area contributed by atoms with Crippen LogP contribution in [0, 0.1) is 0 Å². The topological polar surface area (TPSA) is 26.3 Å². The Morgan fingerprint density at radius 2 is 2.18 bits per heavy atom. The average molecular weight is 156 g/mol. The largest absolute Gasteiger partial charge is 0.374 e. The molecule has 64 valence electrons. The van der Waals surface area contributed by atoms with Gasteiger partial charge in [-0.2, -0.15) is 0 Å². The normalized spacial score (nSPS) is 11.2. The molecule has 11 heavy (non-hydrogen) atoms. The standard InChI is InChI=1S/C9H16O2/c1-8(6-5-7-10)9(2,3)11-4/h7H,1,5-6H2,2-4H3. The second-order valence-electron chi connectivity index (χ2n) is 3.02. The molecule has 0 aromatic rings. The lowest BCUT2D eigenvalue weighted by Gasteiger charge is -2.25. The Morgan fingerprint density at radius 1 is 1.64 bits per heavy atom. The van der Waals surface area contributed by atoms with E-state index in [-0.39, 0.29) is 5.60 Å². The highest BCUT2D eigenvalue weighted by Crippen LogP contribution is 2.21. The van der Waals surface area contributed by atoms with Crippen molar-refractivity contribution in [1.82, 2.24) is 0 Å². The number of carbonyl (C=O) groups excluding carboxylic acids is 1. The van der Waals surface area contributed by atoms with Gasteiger partial charge in [-0.05, 0) is 25.8 Å².